The highest BCUT2D eigenvalue weighted by atomic mass is 32.1. The summed E-state index contributed by atoms with van der Waals surface area (Å²) in [6.45, 7) is 3.98. The maximum absolute atomic E-state index is 5.78. The third-order valence-electron chi connectivity index (χ3n) is 1.07. The lowest BCUT2D eigenvalue weighted by Crippen LogP contribution is -2.34. The Balaban J connectivity index is 2.57. The molecule has 0 amide bonds. The van der Waals surface area contributed by atoms with Crippen LogP contribution in [0.3, 0.4) is 0 Å². The van der Waals surface area contributed by atoms with Gasteiger partial charge in [0.1, 0.15) is 0 Å². The second kappa shape index (κ2) is 2.68. The fourth-order valence-electron chi connectivity index (χ4n) is 0.754. The van der Waals surface area contributed by atoms with Gasteiger partial charge in [-0.2, -0.15) is 0 Å². The molecule has 0 saturated carbocycles. The third kappa shape index (κ3) is 2.45. The summed E-state index contributed by atoms with van der Waals surface area (Å²) in [5.74, 6) is 0. The minimum absolute atomic E-state index is 0.151. The molecule has 1 rings (SSSR count). The normalized spacial score (nSPS) is 11.9. The quantitative estimate of drug-likeness (QED) is 0.697. The maximum Gasteiger partial charge on any atom is 0.152 e. The molecule has 0 aliphatic carbocycles. The molecule has 3 heteroatoms. The molecule has 1 aromatic rings. The van der Waals surface area contributed by atoms with Crippen molar-refractivity contribution in [2.75, 3.05) is 0 Å². The van der Waals surface area contributed by atoms with E-state index in [1.165, 1.54) is 11.3 Å². The third-order valence-corrected chi connectivity index (χ3v) is 1.66. The Hall–Kier alpha value is -0.410. The predicted molar refractivity (Wildman–Crippen MR) is 42.9 cm³/mol. The summed E-state index contributed by atoms with van der Waals surface area (Å²) in [7, 11) is 0. The van der Waals surface area contributed by atoms with Gasteiger partial charge in [-0.1, -0.05) is 0 Å². The first-order chi connectivity index (χ1) is 4.58. The van der Waals surface area contributed by atoms with Crippen molar-refractivity contribution in [3.8, 4) is 0 Å². The Morgan fingerprint density at radius 1 is 1.80 bits per heavy atom. The van der Waals surface area contributed by atoms with Crippen molar-refractivity contribution in [3.63, 3.8) is 0 Å². The van der Waals surface area contributed by atoms with Gasteiger partial charge in [0.2, 0.25) is 0 Å². The molecule has 0 aliphatic heterocycles. The van der Waals surface area contributed by atoms with Gasteiger partial charge in [0, 0.05) is 17.3 Å². The van der Waals surface area contributed by atoms with E-state index in [0.29, 0.717) is 0 Å². The van der Waals surface area contributed by atoms with Crippen LogP contribution in [0.2, 0.25) is 0 Å². The average molecular weight is 155 g/mol. The molecule has 55 valence electrons. The number of hydrogen-bond donors (Lipinski definition) is 1. The molecule has 0 fully saturated rings. The molecule has 0 bridgehead atoms. The number of nitrogens with two attached hydrogens (primary N) is 1. The Morgan fingerprint density at radius 2 is 2.50 bits per heavy atom. The van der Waals surface area contributed by atoms with E-state index in [9.17, 15) is 0 Å². The summed E-state index contributed by atoms with van der Waals surface area (Å²) in [5, 5.41) is 1.98. The number of rotatable bonds is 2. The van der Waals surface area contributed by atoms with Crippen LogP contribution in [0.15, 0.2) is 5.38 Å². The van der Waals surface area contributed by atoms with Gasteiger partial charge >= 0.3 is 0 Å². The number of hydrogen-bond acceptors (Lipinski definition) is 3. The molecule has 0 atom stereocenters. The first-order valence-electron chi connectivity index (χ1n) is 3.17. The zero-order valence-electron chi connectivity index (χ0n) is 6.22. The van der Waals surface area contributed by atoms with E-state index in [2.05, 4.69) is 10.5 Å². The summed E-state index contributed by atoms with van der Waals surface area (Å²) in [4.78, 5) is 4.02. The Kier molecular flexibility index (Phi) is 2.06. The molecular formula is C7H11N2S. The van der Waals surface area contributed by atoms with Gasteiger partial charge in [-0.25, -0.2) is 4.98 Å². The summed E-state index contributed by atoms with van der Waals surface area (Å²) in [6, 6.07) is 0. The van der Waals surface area contributed by atoms with Crippen LogP contribution in [0.25, 0.3) is 0 Å². The van der Waals surface area contributed by atoms with Crippen LogP contribution in [-0.2, 0) is 6.42 Å². The van der Waals surface area contributed by atoms with Crippen LogP contribution in [0.4, 0.5) is 0 Å². The van der Waals surface area contributed by atoms with Crippen molar-refractivity contribution < 1.29 is 0 Å². The molecular weight excluding hydrogens is 144 g/mol. The largest absolute Gasteiger partial charge is 0.325 e. The molecule has 2 N–H and O–H groups in total. The van der Waals surface area contributed by atoms with Gasteiger partial charge in [-0.3, -0.25) is 0 Å². The zero-order valence-corrected chi connectivity index (χ0v) is 7.03. The van der Waals surface area contributed by atoms with Gasteiger partial charge < -0.3 is 5.73 Å². The van der Waals surface area contributed by atoms with Crippen molar-refractivity contribution in [2.24, 2.45) is 5.73 Å². The molecule has 10 heavy (non-hydrogen) atoms. The van der Waals surface area contributed by atoms with Crippen LogP contribution in [0, 0.1) is 5.51 Å². The molecule has 0 unspecified atom stereocenters. The topological polar surface area (TPSA) is 38.9 Å². The van der Waals surface area contributed by atoms with E-state index in [0.717, 1.165) is 12.1 Å². The molecule has 0 saturated heterocycles. The highest BCUT2D eigenvalue weighted by Gasteiger charge is 2.12. The standard InChI is InChI=1S/C7H11N2S/c1-7(2,8)3-6-4-10-5-9-6/h4H,3,8H2,1-2H3. The summed E-state index contributed by atoms with van der Waals surface area (Å²) in [6.07, 6.45) is 0.826. The van der Waals surface area contributed by atoms with Crippen LogP contribution >= 0.6 is 11.3 Å². The first-order valence-corrected chi connectivity index (χ1v) is 4.05. The van der Waals surface area contributed by atoms with Crippen LogP contribution in [-0.4, -0.2) is 10.5 Å². The van der Waals surface area contributed by atoms with E-state index in [4.69, 9.17) is 5.73 Å². The lowest BCUT2D eigenvalue weighted by molar-refractivity contribution is 0.511. The van der Waals surface area contributed by atoms with Crippen molar-refractivity contribution in [1.82, 2.24) is 4.98 Å². The first kappa shape index (κ1) is 7.69. The SMILES string of the molecule is CC(C)(N)Cc1cs[c]n1. The second-order valence-electron chi connectivity index (χ2n) is 3.10. The molecule has 0 spiro atoms. The molecule has 2 nitrogen and oxygen atoms in total. The number of thiazole rings is 1. The van der Waals surface area contributed by atoms with Crippen molar-refractivity contribution >= 4 is 11.3 Å². The Bertz CT molecular complexity index is 186. The minimum Gasteiger partial charge on any atom is -0.325 e. The van der Waals surface area contributed by atoms with Crippen LogP contribution in [0.5, 0.6) is 0 Å². The maximum atomic E-state index is 5.78. The Morgan fingerprint density at radius 3 is 2.90 bits per heavy atom. The van der Waals surface area contributed by atoms with Crippen molar-refractivity contribution in [3.05, 3.63) is 16.6 Å². The van der Waals surface area contributed by atoms with Gasteiger partial charge in [0.05, 0.1) is 5.69 Å². The van der Waals surface area contributed by atoms with Gasteiger partial charge in [0.15, 0.2) is 5.51 Å². The smallest absolute Gasteiger partial charge is 0.152 e. The van der Waals surface area contributed by atoms with Gasteiger partial charge in [0.25, 0.3) is 0 Å². The van der Waals surface area contributed by atoms with E-state index < -0.39 is 0 Å². The molecule has 1 aromatic heterocycles. The number of nitrogens with zero attached hydrogens (tertiary/aromatic N) is 1. The summed E-state index contributed by atoms with van der Waals surface area (Å²) < 4.78 is 0. The molecule has 1 radical (unpaired) electrons. The molecule has 0 aliphatic rings. The van der Waals surface area contributed by atoms with Crippen LogP contribution in [0.1, 0.15) is 19.5 Å². The molecule has 0 aromatic carbocycles. The summed E-state index contributed by atoms with van der Waals surface area (Å²) in [5.41, 5.74) is 9.45. The monoisotopic (exact) mass is 155 g/mol. The average Bonchev–Trinajstić information content (AvgIpc) is 2.12. The van der Waals surface area contributed by atoms with Crippen molar-refractivity contribution in [2.45, 2.75) is 25.8 Å². The lowest BCUT2D eigenvalue weighted by Gasteiger charge is -2.15. The fourth-order valence-corrected chi connectivity index (χ4v) is 1.25. The second-order valence-corrected chi connectivity index (χ2v) is 3.75. The summed E-state index contributed by atoms with van der Waals surface area (Å²) >= 11 is 1.49. The highest BCUT2D eigenvalue weighted by molar-refractivity contribution is 7.07. The number of aromatic nitrogens is 1. The Labute approximate surface area is 65.1 Å². The highest BCUT2D eigenvalue weighted by Crippen LogP contribution is 2.08. The van der Waals surface area contributed by atoms with Gasteiger partial charge in [-0.05, 0) is 13.8 Å². The van der Waals surface area contributed by atoms with E-state index >= 15 is 0 Å². The van der Waals surface area contributed by atoms with Crippen LogP contribution < -0.4 is 5.73 Å². The van der Waals surface area contributed by atoms with E-state index in [-0.39, 0.29) is 5.54 Å². The zero-order chi connectivity index (χ0) is 7.61. The predicted octanol–water partition coefficient (Wildman–Crippen LogP) is 1.22. The van der Waals surface area contributed by atoms with E-state index in [1.54, 1.807) is 0 Å². The minimum atomic E-state index is -0.151. The molecule has 1 heterocycles. The van der Waals surface area contributed by atoms with E-state index in [1.807, 2.05) is 19.2 Å². The van der Waals surface area contributed by atoms with Gasteiger partial charge in [-0.15, -0.1) is 11.3 Å². The lowest BCUT2D eigenvalue weighted by atomic mass is 10.0. The van der Waals surface area contributed by atoms with Crippen molar-refractivity contribution in [1.29, 1.82) is 0 Å². The fraction of sp³-hybridized carbons (Fsp3) is 0.571.